The average Bonchev–Trinajstić information content (AvgIpc) is 3.15. The third-order valence-corrected chi connectivity index (χ3v) is 5.25. The highest BCUT2D eigenvalue weighted by Crippen LogP contribution is 2.35. The highest BCUT2D eigenvalue weighted by atomic mass is 35.5. The fraction of sp³-hybridized carbons (Fsp3) is 0.158. The fourth-order valence-corrected chi connectivity index (χ4v) is 3.98. The van der Waals surface area contributed by atoms with Gasteiger partial charge in [-0.2, -0.15) is 11.3 Å². The third-order valence-electron chi connectivity index (χ3n) is 4.00. The SMILES string of the molecule is C=CCOC(=O)C1=C(C)N(c2ccc(Cl)cc2)C(=S)NC1c1ccsc1. The summed E-state index contributed by atoms with van der Waals surface area (Å²) >= 11 is 13.1. The molecule has 1 unspecified atom stereocenters. The molecule has 1 aromatic carbocycles. The second-order valence-corrected chi connectivity index (χ2v) is 7.24. The van der Waals surface area contributed by atoms with Crippen molar-refractivity contribution in [3.05, 3.63) is 75.6 Å². The molecule has 0 aliphatic carbocycles. The lowest BCUT2D eigenvalue weighted by Crippen LogP contribution is -2.48. The number of nitrogens with one attached hydrogen (secondary N) is 1. The van der Waals surface area contributed by atoms with Crippen LogP contribution >= 0.6 is 35.2 Å². The number of halogens is 1. The largest absolute Gasteiger partial charge is 0.458 e. The maximum absolute atomic E-state index is 12.8. The summed E-state index contributed by atoms with van der Waals surface area (Å²) in [6, 6.07) is 8.90. The molecule has 7 heteroatoms. The van der Waals surface area contributed by atoms with Crippen LogP contribution in [0.1, 0.15) is 18.5 Å². The zero-order valence-corrected chi connectivity index (χ0v) is 16.5. The number of nitrogens with zero attached hydrogens (tertiary/aromatic N) is 1. The van der Waals surface area contributed by atoms with Gasteiger partial charge in [0, 0.05) is 16.4 Å². The number of esters is 1. The molecule has 0 bridgehead atoms. The summed E-state index contributed by atoms with van der Waals surface area (Å²) < 4.78 is 5.33. The van der Waals surface area contributed by atoms with E-state index in [0.717, 1.165) is 16.9 Å². The van der Waals surface area contributed by atoms with E-state index in [1.54, 1.807) is 29.5 Å². The number of thiocarbonyl (C=S) groups is 1. The summed E-state index contributed by atoms with van der Waals surface area (Å²) in [5.41, 5.74) is 3.04. The lowest BCUT2D eigenvalue weighted by atomic mass is 9.97. The minimum absolute atomic E-state index is 0.150. The second-order valence-electron chi connectivity index (χ2n) is 5.64. The Morgan fingerprint density at radius 1 is 1.42 bits per heavy atom. The zero-order valence-electron chi connectivity index (χ0n) is 14.1. The summed E-state index contributed by atoms with van der Waals surface area (Å²) in [4.78, 5) is 14.6. The van der Waals surface area contributed by atoms with E-state index in [0.29, 0.717) is 15.7 Å². The predicted octanol–water partition coefficient (Wildman–Crippen LogP) is 4.84. The Morgan fingerprint density at radius 2 is 2.15 bits per heavy atom. The number of carbonyl (C=O) groups excluding carboxylic acids is 1. The van der Waals surface area contributed by atoms with Crippen molar-refractivity contribution in [2.24, 2.45) is 0 Å². The quantitative estimate of drug-likeness (QED) is 0.438. The average molecular weight is 405 g/mol. The molecule has 0 radical (unpaired) electrons. The molecule has 2 heterocycles. The molecular formula is C19H17ClN2O2S2. The summed E-state index contributed by atoms with van der Waals surface area (Å²) in [6.07, 6.45) is 1.55. The van der Waals surface area contributed by atoms with Crippen LogP contribution in [0.4, 0.5) is 5.69 Å². The van der Waals surface area contributed by atoms with Crippen LogP contribution in [0.15, 0.2) is 65.0 Å². The van der Waals surface area contributed by atoms with Gasteiger partial charge < -0.3 is 10.1 Å². The number of carbonyl (C=O) groups is 1. The molecule has 1 aliphatic rings. The maximum atomic E-state index is 12.8. The normalized spacial score (nSPS) is 17.1. The zero-order chi connectivity index (χ0) is 18.7. The van der Waals surface area contributed by atoms with Crippen LogP contribution in [0.25, 0.3) is 0 Å². The van der Waals surface area contributed by atoms with Gasteiger partial charge in [-0.3, -0.25) is 4.90 Å². The highest BCUT2D eigenvalue weighted by Gasteiger charge is 2.35. The maximum Gasteiger partial charge on any atom is 0.338 e. The predicted molar refractivity (Wildman–Crippen MR) is 111 cm³/mol. The van der Waals surface area contributed by atoms with Gasteiger partial charge in [0.25, 0.3) is 0 Å². The van der Waals surface area contributed by atoms with Crippen molar-refractivity contribution in [3.8, 4) is 0 Å². The van der Waals surface area contributed by atoms with E-state index < -0.39 is 5.97 Å². The van der Waals surface area contributed by atoms with Gasteiger partial charge in [0.2, 0.25) is 0 Å². The van der Waals surface area contributed by atoms with Crippen molar-refractivity contribution in [1.29, 1.82) is 0 Å². The van der Waals surface area contributed by atoms with Crippen LogP contribution in [0.3, 0.4) is 0 Å². The van der Waals surface area contributed by atoms with E-state index >= 15 is 0 Å². The molecule has 0 saturated heterocycles. The molecule has 26 heavy (non-hydrogen) atoms. The van der Waals surface area contributed by atoms with Gasteiger partial charge in [0.1, 0.15) is 6.61 Å². The van der Waals surface area contributed by atoms with Crippen LogP contribution in [-0.2, 0) is 9.53 Å². The minimum atomic E-state index is -0.396. The van der Waals surface area contributed by atoms with Crippen molar-refractivity contribution in [2.75, 3.05) is 11.5 Å². The van der Waals surface area contributed by atoms with Crippen LogP contribution in [0, 0.1) is 0 Å². The molecule has 0 saturated carbocycles. The van der Waals surface area contributed by atoms with Crippen molar-refractivity contribution in [1.82, 2.24) is 5.32 Å². The first-order valence-electron chi connectivity index (χ1n) is 7.90. The molecule has 134 valence electrons. The topological polar surface area (TPSA) is 41.6 Å². The molecule has 1 N–H and O–H groups in total. The van der Waals surface area contributed by atoms with E-state index in [-0.39, 0.29) is 12.6 Å². The summed E-state index contributed by atoms with van der Waals surface area (Å²) in [6.45, 7) is 5.61. The number of ether oxygens (including phenoxy) is 1. The molecular weight excluding hydrogens is 388 g/mol. The Labute approximate surface area is 166 Å². The molecule has 3 rings (SSSR count). The monoisotopic (exact) mass is 404 g/mol. The van der Waals surface area contributed by atoms with Crippen LogP contribution < -0.4 is 10.2 Å². The number of benzene rings is 1. The molecule has 0 fully saturated rings. The Bertz CT molecular complexity index is 860. The standard InChI is InChI=1S/C19H17ClN2O2S2/c1-3-9-24-18(23)16-12(2)22(15-6-4-14(20)5-7-15)19(25)21-17(16)13-8-10-26-11-13/h3-8,10-11,17H,1,9H2,2H3,(H,21,25). The third kappa shape index (κ3) is 3.67. The molecule has 2 aromatic rings. The molecule has 1 aliphatic heterocycles. The molecule has 1 atom stereocenters. The molecule has 1 aromatic heterocycles. The van der Waals surface area contributed by atoms with Crippen LogP contribution in [-0.4, -0.2) is 17.7 Å². The molecule has 4 nitrogen and oxygen atoms in total. The number of hydrogen-bond donors (Lipinski definition) is 1. The Kier molecular flexibility index (Phi) is 5.76. The summed E-state index contributed by atoms with van der Waals surface area (Å²) in [5, 5.41) is 8.37. The van der Waals surface area contributed by atoms with Crippen molar-refractivity contribution >= 4 is 51.9 Å². The number of thiophene rings is 1. The fourth-order valence-electron chi connectivity index (χ4n) is 2.81. The minimum Gasteiger partial charge on any atom is -0.458 e. The van der Waals surface area contributed by atoms with Gasteiger partial charge in [-0.25, -0.2) is 4.79 Å². The Hall–Kier alpha value is -2.15. The van der Waals surface area contributed by atoms with E-state index in [2.05, 4.69) is 11.9 Å². The van der Waals surface area contributed by atoms with Crippen LogP contribution in [0.2, 0.25) is 5.02 Å². The van der Waals surface area contributed by atoms with Gasteiger partial charge in [-0.1, -0.05) is 24.3 Å². The Morgan fingerprint density at radius 3 is 2.77 bits per heavy atom. The number of allylic oxidation sites excluding steroid dienone is 1. The van der Waals surface area contributed by atoms with E-state index in [1.165, 1.54) is 0 Å². The van der Waals surface area contributed by atoms with Crippen LogP contribution in [0.5, 0.6) is 0 Å². The van der Waals surface area contributed by atoms with E-state index in [1.807, 2.05) is 40.8 Å². The van der Waals surface area contributed by atoms with Gasteiger partial charge in [0.15, 0.2) is 5.11 Å². The van der Waals surface area contributed by atoms with Gasteiger partial charge in [-0.05, 0) is 65.8 Å². The summed E-state index contributed by atoms with van der Waals surface area (Å²) in [7, 11) is 0. The second kappa shape index (κ2) is 8.03. The first-order chi connectivity index (χ1) is 12.5. The summed E-state index contributed by atoms with van der Waals surface area (Å²) in [5.74, 6) is -0.396. The first kappa shape index (κ1) is 18.6. The lowest BCUT2D eigenvalue weighted by Gasteiger charge is -2.37. The van der Waals surface area contributed by atoms with Crippen molar-refractivity contribution in [2.45, 2.75) is 13.0 Å². The Balaban J connectivity index is 2.08. The number of anilines is 1. The lowest BCUT2D eigenvalue weighted by molar-refractivity contribution is -0.138. The number of hydrogen-bond acceptors (Lipinski definition) is 4. The van der Waals surface area contributed by atoms with E-state index in [4.69, 9.17) is 28.6 Å². The van der Waals surface area contributed by atoms with Crippen molar-refractivity contribution in [3.63, 3.8) is 0 Å². The van der Waals surface area contributed by atoms with E-state index in [9.17, 15) is 4.79 Å². The first-order valence-corrected chi connectivity index (χ1v) is 9.63. The smallest absolute Gasteiger partial charge is 0.338 e. The van der Waals surface area contributed by atoms with Gasteiger partial charge >= 0.3 is 5.97 Å². The van der Waals surface area contributed by atoms with Crippen molar-refractivity contribution < 1.29 is 9.53 Å². The van der Waals surface area contributed by atoms with Gasteiger partial charge in [0.05, 0.1) is 11.6 Å². The molecule has 0 amide bonds. The number of rotatable bonds is 5. The highest BCUT2D eigenvalue weighted by molar-refractivity contribution is 7.80. The molecule has 0 spiro atoms. The van der Waals surface area contributed by atoms with Gasteiger partial charge in [-0.15, -0.1) is 0 Å².